The lowest BCUT2D eigenvalue weighted by Gasteiger charge is -2.49. The number of anilines is 1. The van der Waals surface area contributed by atoms with Crippen LogP contribution in [0.15, 0.2) is 71.7 Å². The molecule has 0 aromatic heterocycles. The smallest absolute Gasteiger partial charge is 0.278 e. The van der Waals surface area contributed by atoms with Crippen LogP contribution in [-0.4, -0.2) is 17.2 Å². The fourth-order valence-corrected chi connectivity index (χ4v) is 5.51. The molecule has 156 valence electrons. The van der Waals surface area contributed by atoms with E-state index in [0.717, 1.165) is 23.2 Å². The minimum atomic E-state index is -0.375. The molecule has 0 N–H and O–H groups in total. The van der Waals surface area contributed by atoms with Gasteiger partial charge in [0.15, 0.2) is 0 Å². The van der Waals surface area contributed by atoms with E-state index in [2.05, 4.69) is 51.1 Å². The fraction of sp³-hybridized carbons (Fsp3) is 0.231. The Labute approximate surface area is 192 Å². The Balaban J connectivity index is 1.74. The number of hydrogen-bond acceptors (Lipinski definition) is 2. The Morgan fingerprint density at radius 1 is 0.903 bits per heavy atom. The third kappa shape index (κ3) is 3.02. The summed E-state index contributed by atoms with van der Waals surface area (Å²) in [6.45, 7) is 6.54. The maximum atomic E-state index is 13.6. The Bertz CT molecular complexity index is 1250. The van der Waals surface area contributed by atoms with Crippen LogP contribution in [0.1, 0.15) is 43.9 Å². The van der Waals surface area contributed by atoms with Gasteiger partial charge in [0.1, 0.15) is 5.71 Å². The molecule has 5 rings (SSSR count). The van der Waals surface area contributed by atoms with Crippen molar-refractivity contribution in [1.82, 2.24) is 0 Å². The number of amides is 1. The van der Waals surface area contributed by atoms with Crippen molar-refractivity contribution < 1.29 is 4.79 Å². The number of para-hydroxylation sites is 1. The highest BCUT2D eigenvalue weighted by molar-refractivity contribution is 6.55. The highest BCUT2D eigenvalue weighted by Crippen LogP contribution is 2.54. The second-order valence-corrected chi connectivity index (χ2v) is 9.90. The molecule has 0 unspecified atom stereocenters. The number of hydrogen-bond donors (Lipinski definition) is 0. The summed E-state index contributed by atoms with van der Waals surface area (Å²) in [7, 11) is 0. The first-order valence-electron chi connectivity index (χ1n) is 10.3. The van der Waals surface area contributed by atoms with Crippen molar-refractivity contribution in [2.24, 2.45) is 4.99 Å². The highest BCUT2D eigenvalue weighted by atomic mass is 35.5. The molecule has 0 radical (unpaired) electrons. The van der Waals surface area contributed by atoms with E-state index in [0.29, 0.717) is 21.4 Å². The molecule has 1 amide bonds. The van der Waals surface area contributed by atoms with Gasteiger partial charge in [-0.05, 0) is 49.6 Å². The first-order valence-corrected chi connectivity index (χ1v) is 11.1. The van der Waals surface area contributed by atoms with Crippen molar-refractivity contribution in [3.8, 4) is 0 Å². The molecule has 3 nitrogen and oxygen atoms in total. The maximum Gasteiger partial charge on any atom is 0.278 e. The van der Waals surface area contributed by atoms with Gasteiger partial charge in [0.25, 0.3) is 5.91 Å². The summed E-state index contributed by atoms with van der Waals surface area (Å²) >= 11 is 12.2. The monoisotopic (exact) mass is 448 g/mol. The molecule has 0 aliphatic carbocycles. The molecule has 0 bridgehead atoms. The SMILES string of the molecule is CC1(C)C[C@](C)(c2ccccc2)c2cccc3c2N1C(=O)C3=Nc1ccc(Cl)c(Cl)c1. The average molecular weight is 449 g/mol. The lowest BCUT2D eigenvalue weighted by Crippen LogP contribution is -2.54. The number of aliphatic imine (C=N–C) groups is 1. The zero-order valence-corrected chi connectivity index (χ0v) is 19.1. The number of halogens is 2. The molecule has 3 aromatic rings. The molecule has 5 heteroatoms. The van der Waals surface area contributed by atoms with Gasteiger partial charge in [-0.25, -0.2) is 4.99 Å². The van der Waals surface area contributed by atoms with Gasteiger partial charge in [0.2, 0.25) is 0 Å². The average Bonchev–Trinajstić information content (AvgIpc) is 3.02. The summed E-state index contributed by atoms with van der Waals surface area (Å²) in [6.07, 6.45) is 0.812. The van der Waals surface area contributed by atoms with E-state index in [-0.39, 0.29) is 16.9 Å². The van der Waals surface area contributed by atoms with Crippen molar-refractivity contribution in [2.45, 2.75) is 38.1 Å². The molecule has 3 aromatic carbocycles. The molecule has 31 heavy (non-hydrogen) atoms. The summed E-state index contributed by atoms with van der Waals surface area (Å²) in [6, 6.07) is 21.9. The van der Waals surface area contributed by atoms with Crippen molar-refractivity contribution >= 4 is 46.2 Å². The second-order valence-electron chi connectivity index (χ2n) is 9.09. The Morgan fingerprint density at radius 3 is 2.35 bits per heavy atom. The fourth-order valence-electron chi connectivity index (χ4n) is 5.22. The lowest BCUT2D eigenvalue weighted by molar-refractivity contribution is -0.113. The molecule has 2 aliphatic heterocycles. The van der Waals surface area contributed by atoms with Gasteiger partial charge in [-0.3, -0.25) is 4.79 Å². The minimum Gasteiger partial charge on any atom is -0.300 e. The maximum absolute atomic E-state index is 13.6. The van der Waals surface area contributed by atoms with E-state index in [1.807, 2.05) is 23.1 Å². The van der Waals surface area contributed by atoms with E-state index in [1.54, 1.807) is 18.2 Å². The normalized spacial score (nSPS) is 22.7. The number of benzene rings is 3. The van der Waals surface area contributed by atoms with Crippen LogP contribution in [0.4, 0.5) is 11.4 Å². The van der Waals surface area contributed by atoms with Crippen LogP contribution in [0, 0.1) is 0 Å². The molecule has 2 aliphatic rings. The van der Waals surface area contributed by atoms with Crippen LogP contribution in [0.25, 0.3) is 0 Å². The first-order chi connectivity index (χ1) is 14.7. The largest absolute Gasteiger partial charge is 0.300 e. The van der Waals surface area contributed by atoms with E-state index < -0.39 is 0 Å². The molecular weight excluding hydrogens is 427 g/mol. The zero-order valence-electron chi connectivity index (χ0n) is 17.6. The lowest BCUT2D eigenvalue weighted by atomic mass is 9.65. The topological polar surface area (TPSA) is 32.7 Å². The van der Waals surface area contributed by atoms with Gasteiger partial charge in [0.05, 0.1) is 21.4 Å². The first kappa shape index (κ1) is 20.3. The van der Waals surface area contributed by atoms with Crippen LogP contribution in [-0.2, 0) is 10.2 Å². The van der Waals surface area contributed by atoms with Crippen molar-refractivity contribution in [3.05, 3.63) is 93.5 Å². The van der Waals surface area contributed by atoms with Gasteiger partial charge >= 0.3 is 0 Å². The number of rotatable bonds is 2. The van der Waals surface area contributed by atoms with Gasteiger partial charge in [-0.1, -0.05) is 78.7 Å². The number of nitrogens with zero attached hydrogens (tertiary/aromatic N) is 2. The van der Waals surface area contributed by atoms with E-state index in [4.69, 9.17) is 28.2 Å². The molecule has 0 saturated carbocycles. The Morgan fingerprint density at radius 2 is 1.65 bits per heavy atom. The third-order valence-corrected chi connectivity index (χ3v) is 7.20. The van der Waals surface area contributed by atoms with Gasteiger partial charge in [-0.15, -0.1) is 0 Å². The molecule has 1 atom stereocenters. The summed E-state index contributed by atoms with van der Waals surface area (Å²) in [5.74, 6) is -0.0753. The highest BCUT2D eigenvalue weighted by Gasteiger charge is 2.52. The van der Waals surface area contributed by atoms with Crippen LogP contribution in [0.2, 0.25) is 10.0 Å². The van der Waals surface area contributed by atoms with Crippen molar-refractivity contribution in [1.29, 1.82) is 0 Å². The Hall–Kier alpha value is -2.62. The summed E-state index contributed by atoms with van der Waals surface area (Å²) in [4.78, 5) is 20.3. The summed E-state index contributed by atoms with van der Waals surface area (Å²) < 4.78 is 0. The molecule has 2 heterocycles. The second kappa shape index (κ2) is 6.94. The van der Waals surface area contributed by atoms with Crippen LogP contribution >= 0.6 is 23.2 Å². The zero-order chi connectivity index (χ0) is 22.0. The minimum absolute atomic E-state index is 0.0753. The summed E-state index contributed by atoms with van der Waals surface area (Å²) in [5.41, 5.74) is 4.70. The third-order valence-electron chi connectivity index (χ3n) is 6.46. The molecule has 0 fully saturated rings. The molecule has 0 saturated heterocycles. The molecule has 0 spiro atoms. The van der Waals surface area contributed by atoms with Gasteiger partial charge in [-0.2, -0.15) is 0 Å². The quantitative estimate of drug-likeness (QED) is 0.417. The van der Waals surface area contributed by atoms with Crippen LogP contribution < -0.4 is 4.90 Å². The van der Waals surface area contributed by atoms with Crippen molar-refractivity contribution in [3.63, 3.8) is 0 Å². The molecular formula is C26H22Cl2N2O. The summed E-state index contributed by atoms with van der Waals surface area (Å²) in [5, 5.41) is 0.881. The van der Waals surface area contributed by atoms with E-state index >= 15 is 0 Å². The van der Waals surface area contributed by atoms with Crippen LogP contribution in [0.5, 0.6) is 0 Å². The van der Waals surface area contributed by atoms with Gasteiger partial charge in [0, 0.05) is 16.5 Å². The Kier molecular flexibility index (Phi) is 4.55. The van der Waals surface area contributed by atoms with E-state index in [9.17, 15) is 4.79 Å². The van der Waals surface area contributed by atoms with Crippen LogP contribution in [0.3, 0.4) is 0 Å². The van der Waals surface area contributed by atoms with Gasteiger partial charge < -0.3 is 4.90 Å². The van der Waals surface area contributed by atoms with E-state index in [1.165, 1.54) is 5.56 Å². The predicted molar refractivity (Wildman–Crippen MR) is 128 cm³/mol. The standard InChI is InChI=1S/C26H22Cl2N2O/c1-25(2)15-26(3,16-8-5-4-6-9-16)19-11-7-10-18-22(24(31)30(25)23(18)19)29-17-12-13-20(27)21(28)14-17/h4-14H,15H2,1-3H3/t26-/m1/s1. The predicted octanol–water partition coefficient (Wildman–Crippen LogP) is 6.95. The number of carbonyl (C=O) groups excluding carboxylic acids is 1. The number of carbonyl (C=O) groups is 1. The van der Waals surface area contributed by atoms with Crippen molar-refractivity contribution in [2.75, 3.05) is 4.90 Å².